The van der Waals surface area contributed by atoms with Crippen molar-refractivity contribution >= 4 is 5.91 Å². The highest BCUT2D eigenvalue weighted by atomic mass is 16.2. The smallest absolute Gasteiger partial charge is 0.236 e. The Balaban J connectivity index is 1.93. The summed E-state index contributed by atoms with van der Waals surface area (Å²) in [7, 11) is 1.91. The highest BCUT2D eigenvalue weighted by Crippen LogP contribution is 2.26. The SMILES string of the molecule is CC1CN(CC2(C)CCNC2)CC(=O)N1C. The van der Waals surface area contributed by atoms with Gasteiger partial charge in [0.1, 0.15) is 0 Å². The average Bonchev–Trinajstić information content (AvgIpc) is 2.61. The second kappa shape index (κ2) is 4.34. The van der Waals surface area contributed by atoms with Crippen molar-refractivity contribution in [3.05, 3.63) is 0 Å². The minimum absolute atomic E-state index is 0.258. The minimum Gasteiger partial charge on any atom is -0.341 e. The summed E-state index contributed by atoms with van der Waals surface area (Å²) in [6, 6.07) is 0.346. The van der Waals surface area contributed by atoms with Crippen molar-refractivity contribution in [2.75, 3.05) is 39.8 Å². The standard InChI is InChI=1S/C12H23N3O/c1-10-6-15(7-11(16)14(10)3)9-12(2)4-5-13-8-12/h10,13H,4-9H2,1-3H3. The molecule has 0 aromatic rings. The Bertz CT molecular complexity index is 273. The molecule has 2 unspecified atom stereocenters. The van der Waals surface area contributed by atoms with Gasteiger partial charge in [-0.2, -0.15) is 0 Å². The second-order valence-electron chi connectivity index (χ2n) is 5.76. The molecule has 4 heteroatoms. The summed E-state index contributed by atoms with van der Waals surface area (Å²) >= 11 is 0. The van der Waals surface area contributed by atoms with Gasteiger partial charge in [0.2, 0.25) is 5.91 Å². The number of piperazine rings is 1. The lowest BCUT2D eigenvalue weighted by molar-refractivity contribution is -0.137. The molecule has 2 aliphatic heterocycles. The van der Waals surface area contributed by atoms with Crippen molar-refractivity contribution in [2.45, 2.75) is 26.3 Å². The molecule has 0 aromatic carbocycles. The molecule has 2 saturated heterocycles. The molecule has 1 N–H and O–H groups in total. The van der Waals surface area contributed by atoms with E-state index in [1.807, 2.05) is 11.9 Å². The van der Waals surface area contributed by atoms with Crippen molar-refractivity contribution in [2.24, 2.45) is 5.41 Å². The number of nitrogens with zero attached hydrogens (tertiary/aromatic N) is 2. The molecule has 4 nitrogen and oxygen atoms in total. The topological polar surface area (TPSA) is 35.6 Å². The van der Waals surface area contributed by atoms with Crippen LogP contribution < -0.4 is 5.32 Å². The molecule has 16 heavy (non-hydrogen) atoms. The number of amides is 1. The summed E-state index contributed by atoms with van der Waals surface area (Å²) < 4.78 is 0. The first kappa shape index (κ1) is 11.9. The lowest BCUT2D eigenvalue weighted by Gasteiger charge is -2.40. The van der Waals surface area contributed by atoms with Gasteiger partial charge in [0, 0.05) is 32.7 Å². The molecule has 2 fully saturated rings. The predicted molar refractivity (Wildman–Crippen MR) is 64.3 cm³/mol. The van der Waals surface area contributed by atoms with E-state index >= 15 is 0 Å². The Morgan fingerprint density at radius 3 is 2.88 bits per heavy atom. The Morgan fingerprint density at radius 2 is 2.31 bits per heavy atom. The van der Waals surface area contributed by atoms with E-state index in [9.17, 15) is 4.79 Å². The van der Waals surface area contributed by atoms with Crippen LogP contribution in [0.3, 0.4) is 0 Å². The van der Waals surface area contributed by atoms with Crippen molar-refractivity contribution in [3.8, 4) is 0 Å². The van der Waals surface area contributed by atoms with Crippen molar-refractivity contribution < 1.29 is 4.79 Å². The maximum atomic E-state index is 11.8. The molecular formula is C12H23N3O. The molecular weight excluding hydrogens is 202 g/mol. The van der Waals surface area contributed by atoms with Crippen LogP contribution in [0.15, 0.2) is 0 Å². The number of nitrogens with one attached hydrogen (secondary N) is 1. The van der Waals surface area contributed by atoms with Gasteiger partial charge in [-0.25, -0.2) is 0 Å². The van der Waals surface area contributed by atoms with Crippen molar-refractivity contribution in [1.82, 2.24) is 15.1 Å². The molecule has 92 valence electrons. The first-order valence-corrected chi connectivity index (χ1v) is 6.19. The molecule has 0 spiro atoms. The Hall–Kier alpha value is -0.610. The third kappa shape index (κ3) is 2.38. The third-order valence-corrected chi connectivity index (χ3v) is 4.00. The molecule has 1 amide bonds. The Morgan fingerprint density at radius 1 is 1.56 bits per heavy atom. The summed E-state index contributed by atoms with van der Waals surface area (Å²) in [5.41, 5.74) is 0.357. The van der Waals surface area contributed by atoms with Gasteiger partial charge in [0.05, 0.1) is 6.54 Å². The van der Waals surface area contributed by atoms with Crippen molar-refractivity contribution in [1.29, 1.82) is 0 Å². The van der Waals surface area contributed by atoms with Crippen LogP contribution in [0.1, 0.15) is 20.3 Å². The molecule has 0 bridgehead atoms. The van der Waals surface area contributed by atoms with Gasteiger partial charge in [0.25, 0.3) is 0 Å². The van der Waals surface area contributed by atoms with Gasteiger partial charge in [-0.05, 0) is 25.3 Å². The van der Waals surface area contributed by atoms with Crippen LogP contribution in [0.25, 0.3) is 0 Å². The number of carbonyl (C=O) groups is 1. The van der Waals surface area contributed by atoms with E-state index in [0.29, 0.717) is 18.0 Å². The lowest BCUT2D eigenvalue weighted by Crippen LogP contribution is -2.55. The number of hydrogen-bond donors (Lipinski definition) is 1. The van der Waals surface area contributed by atoms with E-state index in [4.69, 9.17) is 0 Å². The summed E-state index contributed by atoms with van der Waals surface area (Å²) in [6.45, 7) is 9.30. The molecule has 2 atom stereocenters. The van der Waals surface area contributed by atoms with Crippen LogP contribution in [0.5, 0.6) is 0 Å². The van der Waals surface area contributed by atoms with Gasteiger partial charge in [-0.3, -0.25) is 9.69 Å². The third-order valence-electron chi connectivity index (χ3n) is 4.00. The fourth-order valence-corrected chi connectivity index (χ4v) is 2.77. The van der Waals surface area contributed by atoms with Crippen LogP contribution in [0, 0.1) is 5.41 Å². The molecule has 0 aliphatic carbocycles. The first-order chi connectivity index (χ1) is 7.50. The fourth-order valence-electron chi connectivity index (χ4n) is 2.77. The summed E-state index contributed by atoms with van der Waals surface area (Å²) in [5.74, 6) is 0.258. The quantitative estimate of drug-likeness (QED) is 0.726. The number of carbonyl (C=O) groups excluding carboxylic acids is 1. The zero-order valence-electron chi connectivity index (χ0n) is 10.6. The summed E-state index contributed by atoms with van der Waals surface area (Å²) in [6.07, 6.45) is 1.22. The van der Waals surface area contributed by atoms with Crippen LogP contribution in [0.2, 0.25) is 0 Å². The molecule has 2 rings (SSSR count). The van der Waals surface area contributed by atoms with E-state index in [1.165, 1.54) is 6.42 Å². The van der Waals surface area contributed by atoms with Crippen LogP contribution in [0.4, 0.5) is 0 Å². The predicted octanol–water partition coefficient (Wildman–Crippen LogP) is 0.149. The van der Waals surface area contributed by atoms with Gasteiger partial charge in [-0.1, -0.05) is 6.92 Å². The maximum Gasteiger partial charge on any atom is 0.236 e. The molecule has 2 aliphatic rings. The minimum atomic E-state index is 0.258. The normalized spacial score (nSPS) is 37.1. The summed E-state index contributed by atoms with van der Waals surface area (Å²) in [4.78, 5) is 15.9. The van der Waals surface area contributed by atoms with Gasteiger partial charge < -0.3 is 10.2 Å². The van der Waals surface area contributed by atoms with E-state index in [-0.39, 0.29) is 5.91 Å². The molecule has 2 heterocycles. The highest BCUT2D eigenvalue weighted by Gasteiger charge is 2.34. The van der Waals surface area contributed by atoms with E-state index < -0.39 is 0 Å². The first-order valence-electron chi connectivity index (χ1n) is 6.19. The van der Waals surface area contributed by atoms with Crippen LogP contribution >= 0.6 is 0 Å². The highest BCUT2D eigenvalue weighted by molar-refractivity contribution is 5.79. The lowest BCUT2D eigenvalue weighted by atomic mass is 9.89. The van der Waals surface area contributed by atoms with E-state index in [2.05, 4.69) is 24.1 Å². The molecule has 0 aromatic heterocycles. The number of rotatable bonds is 2. The summed E-state index contributed by atoms with van der Waals surface area (Å²) in [5, 5.41) is 3.41. The maximum absolute atomic E-state index is 11.8. The van der Waals surface area contributed by atoms with Crippen LogP contribution in [-0.2, 0) is 4.79 Å². The number of hydrogen-bond acceptors (Lipinski definition) is 3. The Kier molecular flexibility index (Phi) is 3.22. The fraction of sp³-hybridized carbons (Fsp3) is 0.917. The van der Waals surface area contributed by atoms with Gasteiger partial charge >= 0.3 is 0 Å². The second-order valence-corrected chi connectivity index (χ2v) is 5.76. The number of likely N-dealkylation sites (N-methyl/N-ethyl adjacent to an activating group) is 1. The van der Waals surface area contributed by atoms with Crippen molar-refractivity contribution in [3.63, 3.8) is 0 Å². The van der Waals surface area contributed by atoms with E-state index in [1.54, 1.807) is 0 Å². The average molecular weight is 225 g/mol. The van der Waals surface area contributed by atoms with Gasteiger partial charge in [0.15, 0.2) is 0 Å². The monoisotopic (exact) mass is 225 g/mol. The zero-order valence-corrected chi connectivity index (χ0v) is 10.6. The zero-order chi connectivity index (χ0) is 11.8. The van der Waals surface area contributed by atoms with Gasteiger partial charge in [-0.15, -0.1) is 0 Å². The Labute approximate surface area is 98.0 Å². The largest absolute Gasteiger partial charge is 0.341 e. The molecule has 0 saturated carbocycles. The van der Waals surface area contributed by atoms with Crippen LogP contribution in [-0.4, -0.2) is 61.5 Å². The van der Waals surface area contributed by atoms with E-state index in [0.717, 1.165) is 26.2 Å². The molecule has 0 radical (unpaired) electrons.